The minimum atomic E-state index is -0.670. The maximum Gasteiger partial charge on any atom is 0.290 e. The molecule has 0 aliphatic heterocycles. The number of nitrogens with zero attached hydrogens (tertiary/aromatic N) is 2. The van der Waals surface area contributed by atoms with Crippen LogP contribution in [0.4, 0.5) is 0 Å². The second-order valence-corrected chi connectivity index (χ2v) is 6.73. The predicted molar refractivity (Wildman–Crippen MR) is 112 cm³/mol. The summed E-state index contributed by atoms with van der Waals surface area (Å²) < 4.78 is 0. The molecule has 4 rings (SSSR count). The molecule has 0 spiro atoms. The molecular weight excluding hydrogens is 406 g/mol. The minimum Gasteiger partial charge on any atom is -0.268 e. The van der Waals surface area contributed by atoms with Crippen LogP contribution in [0.3, 0.4) is 0 Å². The van der Waals surface area contributed by atoms with E-state index in [-0.39, 0.29) is 5.69 Å². The van der Waals surface area contributed by atoms with Gasteiger partial charge in [0.2, 0.25) is 0 Å². The van der Waals surface area contributed by atoms with Gasteiger partial charge in [-0.2, -0.15) is 5.10 Å². The molecule has 2 amide bonds. The van der Waals surface area contributed by atoms with Crippen molar-refractivity contribution < 1.29 is 9.59 Å². The molecule has 0 saturated carbocycles. The first-order valence-electron chi connectivity index (χ1n) is 8.83. The lowest BCUT2D eigenvalue weighted by atomic mass is 10.0. The van der Waals surface area contributed by atoms with Crippen LogP contribution in [-0.4, -0.2) is 27.0 Å². The van der Waals surface area contributed by atoms with E-state index in [2.05, 4.69) is 26.0 Å². The molecule has 2 aromatic heterocycles. The second kappa shape index (κ2) is 8.14. The Hall–Kier alpha value is -4.04. The van der Waals surface area contributed by atoms with E-state index in [1.54, 1.807) is 36.4 Å². The number of pyridine rings is 1. The van der Waals surface area contributed by atoms with Crippen LogP contribution in [0, 0.1) is 0 Å². The maximum atomic E-state index is 12.8. The number of carbonyl (C=O) groups excluding carboxylic acids is 2. The van der Waals surface area contributed by atoms with E-state index in [1.807, 2.05) is 18.2 Å². The highest BCUT2D eigenvalue weighted by molar-refractivity contribution is 6.30. The normalized spacial score (nSPS) is 10.6. The Kier molecular flexibility index (Phi) is 5.23. The van der Waals surface area contributed by atoms with Gasteiger partial charge >= 0.3 is 0 Å². The standard InChI is InChI=1S/C21H14ClN5O3/c22-13-7-5-12(6-8-13)18-11-15(14-3-1-2-4-16(14)23-18)20(29)26-27-21(30)17-9-10-19(28)25-24-17/h1-11H,(H,25,28)(H,26,29)(H,27,30). The number of para-hydroxylation sites is 1. The average molecular weight is 420 g/mol. The maximum absolute atomic E-state index is 12.8. The Morgan fingerprint density at radius 1 is 0.900 bits per heavy atom. The van der Waals surface area contributed by atoms with E-state index in [4.69, 9.17) is 11.6 Å². The number of hydrogen-bond donors (Lipinski definition) is 3. The summed E-state index contributed by atoms with van der Waals surface area (Å²) in [5, 5.41) is 7.00. The monoisotopic (exact) mass is 419 g/mol. The first-order valence-corrected chi connectivity index (χ1v) is 9.21. The Balaban J connectivity index is 1.64. The third-order valence-electron chi connectivity index (χ3n) is 4.30. The lowest BCUT2D eigenvalue weighted by Crippen LogP contribution is -2.42. The lowest BCUT2D eigenvalue weighted by Gasteiger charge is -2.11. The van der Waals surface area contributed by atoms with Gasteiger partial charge in [-0.1, -0.05) is 41.9 Å². The van der Waals surface area contributed by atoms with Gasteiger partial charge in [0.15, 0.2) is 5.69 Å². The Morgan fingerprint density at radius 3 is 2.37 bits per heavy atom. The summed E-state index contributed by atoms with van der Waals surface area (Å²) in [7, 11) is 0. The van der Waals surface area contributed by atoms with Crippen LogP contribution < -0.4 is 16.4 Å². The van der Waals surface area contributed by atoms with Gasteiger partial charge in [-0.25, -0.2) is 10.1 Å². The van der Waals surface area contributed by atoms with Crippen molar-refractivity contribution in [1.29, 1.82) is 0 Å². The van der Waals surface area contributed by atoms with Crippen molar-refractivity contribution in [3.63, 3.8) is 0 Å². The van der Waals surface area contributed by atoms with E-state index >= 15 is 0 Å². The van der Waals surface area contributed by atoms with Crippen LogP contribution >= 0.6 is 11.6 Å². The van der Waals surface area contributed by atoms with Gasteiger partial charge in [-0.3, -0.25) is 25.2 Å². The summed E-state index contributed by atoms with van der Waals surface area (Å²) >= 11 is 5.96. The van der Waals surface area contributed by atoms with E-state index in [9.17, 15) is 14.4 Å². The lowest BCUT2D eigenvalue weighted by molar-refractivity contribution is 0.0844. The molecular formula is C21H14ClN5O3. The number of aromatic amines is 1. The van der Waals surface area contributed by atoms with Gasteiger partial charge in [-0.15, -0.1) is 0 Å². The number of halogens is 1. The van der Waals surface area contributed by atoms with E-state index in [0.29, 0.717) is 27.2 Å². The van der Waals surface area contributed by atoms with Crippen molar-refractivity contribution in [2.24, 2.45) is 0 Å². The first kappa shape index (κ1) is 19.3. The molecule has 3 N–H and O–H groups in total. The van der Waals surface area contributed by atoms with Gasteiger partial charge < -0.3 is 0 Å². The van der Waals surface area contributed by atoms with Gasteiger partial charge in [0, 0.05) is 22.0 Å². The van der Waals surface area contributed by atoms with E-state index < -0.39 is 17.4 Å². The smallest absolute Gasteiger partial charge is 0.268 e. The molecule has 2 heterocycles. The molecule has 0 saturated heterocycles. The zero-order valence-corrected chi connectivity index (χ0v) is 16.1. The average Bonchev–Trinajstić information content (AvgIpc) is 2.77. The number of carbonyl (C=O) groups is 2. The number of hydrazine groups is 1. The quantitative estimate of drug-likeness (QED) is 0.441. The molecule has 0 atom stereocenters. The summed E-state index contributed by atoms with van der Waals surface area (Å²) in [6, 6.07) is 18.4. The van der Waals surface area contributed by atoms with Crippen LogP contribution in [0.15, 0.2) is 71.5 Å². The number of aromatic nitrogens is 3. The molecule has 30 heavy (non-hydrogen) atoms. The van der Waals surface area contributed by atoms with Gasteiger partial charge in [0.25, 0.3) is 17.4 Å². The SMILES string of the molecule is O=C(NNC(=O)c1cc(-c2ccc(Cl)cc2)nc2ccccc12)c1ccc(=O)[nH]n1. The fourth-order valence-corrected chi connectivity index (χ4v) is 2.97. The van der Waals surface area contributed by atoms with E-state index in [1.165, 1.54) is 12.1 Å². The second-order valence-electron chi connectivity index (χ2n) is 6.29. The fraction of sp³-hybridized carbons (Fsp3) is 0. The van der Waals surface area contributed by atoms with Gasteiger partial charge in [0.05, 0.1) is 16.8 Å². The minimum absolute atomic E-state index is 0.0451. The first-order chi connectivity index (χ1) is 14.5. The third kappa shape index (κ3) is 4.03. The molecule has 0 radical (unpaired) electrons. The van der Waals surface area contributed by atoms with E-state index in [0.717, 1.165) is 5.56 Å². The van der Waals surface area contributed by atoms with Crippen molar-refractivity contribution in [3.05, 3.63) is 93.4 Å². The summed E-state index contributed by atoms with van der Waals surface area (Å²) in [6.45, 7) is 0. The number of amides is 2. The molecule has 8 nitrogen and oxygen atoms in total. The van der Waals surface area contributed by atoms with Crippen molar-refractivity contribution in [2.75, 3.05) is 0 Å². The summed E-state index contributed by atoms with van der Waals surface area (Å²) in [6.07, 6.45) is 0. The number of H-pyrrole nitrogens is 1. The van der Waals surface area contributed by atoms with Gasteiger partial charge in [0.1, 0.15) is 0 Å². The third-order valence-corrected chi connectivity index (χ3v) is 4.55. The predicted octanol–water partition coefficient (Wildman–Crippen LogP) is 2.71. The molecule has 148 valence electrons. The van der Waals surface area contributed by atoms with Crippen LogP contribution in [-0.2, 0) is 0 Å². The highest BCUT2D eigenvalue weighted by atomic mass is 35.5. The highest BCUT2D eigenvalue weighted by Crippen LogP contribution is 2.25. The molecule has 0 aliphatic carbocycles. The molecule has 0 aliphatic rings. The largest absolute Gasteiger partial charge is 0.290 e. The topological polar surface area (TPSA) is 117 Å². The Bertz CT molecular complexity index is 1300. The number of hydrogen-bond acceptors (Lipinski definition) is 5. The van der Waals surface area contributed by atoms with Crippen molar-refractivity contribution >= 4 is 34.3 Å². The molecule has 0 fully saturated rings. The molecule has 0 bridgehead atoms. The van der Waals surface area contributed by atoms with Crippen LogP contribution in [0.5, 0.6) is 0 Å². The Morgan fingerprint density at radius 2 is 1.63 bits per heavy atom. The molecule has 9 heteroatoms. The Labute approximate surface area is 174 Å². The molecule has 4 aromatic rings. The summed E-state index contributed by atoms with van der Waals surface area (Å²) in [5.41, 5.74) is 6.52. The molecule has 0 unspecified atom stereocenters. The number of rotatable bonds is 3. The van der Waals surface area contributed by atoms with Crippen LogP contribution in [0.2, 0.25) is 5.02 Å². The fourth-order valence-electron chi connectivity index (χ4n) is 2.85. The van der Waals surface area contributed by atoms with Crippen molar-refractivity contribution in [1.82, 2.24) is 26.0 Å². The highest BCUT2D eigenvalue weighted by Gasteiger charge is 2.15. The van der Waals surface area contributed by atoms with Crippen molar-refractivity contribution in [3.8, 4) is 11.3 Å². The number of fused-ring (bicyclic) bond motifs is 1. The summed E-state index contributed by atoms with van der Waals surface area (Å²) in [4.78, 5) is 40.6. The summed E-state index contributed by atoms with van der Waals surface area (Å²) in [5.74, 6) is -1.20. The number of nitrogens with one attached hydrogen (secondary N) is 3. The van der Waals surface area contributed by atoms with Crippen LogP contribution in [0.25, 0.3) is 22.2 Å². The molecule has 2 aromatic carbocycles. The zero-order chi connectivity index (χ0) is 21.1. The number of benzene rings is 2. The van der Waals surface area contributed by atoms with Gasteiger partial charge in [-0.05, 0) is 30.3 Å². The van der Waals surface area contributed by atoms with Crippen LogP contribution in [0.1, 0.15) is 20.8 Å². The van der Waals surface area contributed by atoms with Crippen molar-refractivity contribution in [2.45, 2.75) is 0 Å². The zero-order valence-electron chi connectivity index (χ0n) is 15.3.